The van der Waals surface area contributed by atoms with E-state index in [0.717, 1.165) is 6.33 Å². The van der Waals surface area contributed by atoms with Gasteiger partial charge in [-0.05, 0) is 13.3 Å². The Bertz CT molecular complexity index is 457. The zero-order valence-electron chi connectivity index (χ0n) is 9.61. The summed E-state index contributed by atoms with van der Waals surface area (Å²) in [6.07, 6.45) is 1.50. The van der Waals surface area contributed by atoms with Crippen molar-refractivity contribution in [2.24, 2.45) is 0 Å². The summed E-state index contributed by atoms with van der Waals surface area (Å²) in [7, 11) is 0. The van der Waals surface area contributed by atoms with Gasteiger partial charge in [-0.25, -0.2) is 14.4 Å². The van der Waals surface area contributed by atoms with Crippen molar-refractivity contribution in [3.05, 3.63) is 23.5 Å². The lowest BCUT2D eigenvalue weighted by Gasteiger charge is -2.09. The molecule has 5 nitrogen and oxygen atoms in total. The fourth-order valence-corrected chi connectivity index (χ4v) is 1.32. The van der Waals surface area contributed by atoms with Crippen molar-refractivity contribution in [3.8, 4) is 6.07 Å². The highest BCUT2D eigenvalue weighted by atomic mass is 19.1. The van der Waals surface area contributed by atoms with Crippen molar-refractivity contribution < 1.29 is 13.9 Å². The van der Waals surface area contributed by atoms with Crippen LogP contribution >= 0.6 is 0 Å². The van der Waals surface area contributed by atoms with E-state index in [9.17, 15) is 9.18 Å². The Morgan fingerprint density at radius 2 is 2.29 bits per heavy atom. The summed E-state index contributed by atoms with van der Waals surface area (Å²) in [5, 5.41) is 8.89. The molecule has 90 valence electrons. The molecule has 6 heteroatoms. The van der Waals surface area contributed by atoms with E-state index in [1.165, 1.54) is 0 Å². The number of hydrogen-bond donors (Lipinski definition) is 0. The Kier molecular flexibility index (Phi) is 4.52. The van der Waals surface area contributed by atoms with Gasteiger partial charge in [0.15, 0.2) is 11.7 Å². The average Bonchev–Trinajstić information content (AvgIpc) is 2.32. The fraction of sp³-hybridized carbons (Fsp3) is 0.455. The lowest BCUT2D eigenvalue weighted by molar-refractivity contribution is -0.143. The van der Waals surface area contributed by atoms with Crippen LogP contribution in [0.25, 0.3) is 0 Å². The minimum Gasteiger partial charge on any atom is -0.465 e. The van der Waals surface area contributed by atoms with Crippen LogP contribution in [0, 0.1) is 17.1 Å². The van der Waals surface area contributed by atoms with Crippen LogP contribution in [0.15, 0.2) is 6.33 Å². The van der Waals surface area contributed by atoms with Crippen molar-refractivity contribution >= 4 is 5.97 Å². The first kappa shape index (κ1) is 13.0. The molecule has 1 aromatic heterocycles. The smallest absolute Gasteiger partial charge is 0.329 e. The van der Waals surface area contributed by atoms with E-state index in [1.807, 2.05) is 0 Å². The molecule has 0 spiro atoms. The Labute approximate surface area is 98.3 Å². The quantitative estimate of drug-likeness (QED) is 0.739. The highest BCUT2D eigenvalue weighted by Gasteiger charge is 2.27. The Morgan fingerprint density at radius 1 is 1.59 bits per heavy atom. The molecule has 0 amide bonds. The standard InChI is InChI=1S/C11H12FN3O2/c1-3-8-9(12)10(15-6-14-8)7(5-13)11(16)17-4-2/h6-7H,3-4H2,1-2H3. The molecular weight excluding hydrogens is 225 g/mol. The number of ether oxygens (including phenoxy) is 1. The molecule has 0 radical (unpaired) electrons. The molecule has 0 saturated carbocycles. The molecule has 0 aromatic carbocycles. The maximum absolute atomic E-state index is 13.8. The second-order valence-electron chi connectivity index (χ2n) is 3.19. The highest BCUT2D eigenvalue weighted by Crippen LogP contribution is 2.19. The molecule has 1 atom stereocenters. The first-order valence-corrected chi connectivity index (χ1v) is 5.21. The lowest BCUT2D eigenvalue weighted by Crippen LogP contribution is -2.18. The molecule has 0 aliphatic carbocycles. The second kappa shape index (κ2) is 5.89. The normalized spacial score (nSPS) is 11.6. The number of carbonyl (C=O) groups is 1. The minimum absolute atomic E-state index is 0.129. The van der Waals surface area contributed by atoms with Crippen molar-refractivity contribution in [1.29, 1.82) is 5.26 Å². The maximum atomic E-state index is 13.8. The van der Waals surface area contributed by atoms with Gasteiger partial charge in [0.1, 0.15) is 12.0 Å². The number of halogens is 1. The van der Waals surface area contributed by atoms with E-state index in [4.69, 9.17) is 5.26 Å². The van der Waals surface area contributed by atoms with Crippen LogP contribution in [-0.2, 0) is 16.0 Å². The van der Waals surface area contributed by atoms with Crippen LogP contribution in [-0.4, -0.2) is 22.5 Å². The van der Waals surface area contributed by atoms with Crippen LogP contribution in [0.3, 0.4) is 0 Å². The number of nitriles is 1. The summed E-state index contributed by atoms with van der Waals surface area (Å²) in [6.45, 7) is 3.46. The zero-order chi connectivity index (χ0) is 12.8. The molecule has 0 aliphatic heterocycles. The zero-order valence-corrected chi connectivity index (χ0v) is 9.61. The molecule has 0 fully saturated rings. The topological polar surface area (TPSA) is 75.9 Å². The van der Waals surface area contributed by atoms with Gasteiger partial charge in [-0.1, -0.05) is 6.92 Å². The lowest BCUT2D eigenvalue weighted by atomic mass is 10.1. The van der Waals surface area contributed by atoms with Gasteiger partial charge >= 0.3 is 5.97 Å². The molecule has 0 N–H and O–H groups in total. The predicted molar refractivity (Wildman–Crippen MR) is 56.4 cm³/mol. The first-order chi connectivity index (χ1) is 8.15. The number of esters is 1. The summed E-state index contributed by atoms with van der Waals surface area (Å²) in [6, 6.07) is 1.69. The number of hydrogen-bond acceptors (Lipinski definition) is 5. The Morgan fingerprint density at radius 3 is 2.82 bits per heavy atom. The van der Waals surface area contributed by atoms with E-state index >= 15 is 0 Å². The van der Waals surface area contributed by atoms with Crippen LogP contribution in [0.4, 0.5) is 4.39 Å². The van der Waals surface area contributed by atoms with E-state index in [2.05, 4.69) is 14.7 Å². The van der Waals surface area contributed by atoms with Gasteiger partial charge in [-0.2, -0.15) is 5.26 Å². The molecule has 1 rings (SSSR count). The highest BCUT2D eigenvalue weighted by molar-refractivity contribution is 5.80. The summed E-state index contributed by atoms with van der Waals surface area (Å²) in [4.78, 5) is 18.8. The Hall–Kier alpha value is -2.03. The average molecular weight is 237 g/mol. The molecule has 1 unspecified atom stereocenters. The van der Waals surface area contributed by atoms with Crippen LogP contribution in [0.1, 0.15) is 31.2 Å². The fourth-order valence-electron chi connectivity index (χ4n) is 1.32. The summed E-state index contributed by atoms with van der Waals surface area (Å²) in [5.74, 6) is -2.85. The number of aryl methyl sites for hydroxylation is 1. The first-order valence-electron chi connectivity index (χ1n) is 5.21. The second-order valence-corrected chi connectivity index (χ2v) is 3.19. The largest absolute Gasteiger partial charge is 0.465 e. The number of rotatable bonds is 4. The third-order valence-electron chi connectivity index (χ3n) is 2.15. The van der Waals surface area contributed by atoms with Gasteiger partial charge in [-0.3, -0.25) is 4.79 Å². The third kappa shape index (κ3) is 2.75. The number of aromatic nitrogens is 2. The minimum atomic E-state index is -1.34. The van der Waals surface area contributed by atoms with Gasteiger partial charge in [-0.15, -0.1) is 0 Å². The predicted octanol–water partition coefficient (Wildman–Crippen LogP) is 1.35. The third-order valence-corrected chi connectivity index (χ3v) is 2.15. The van der Waals surface area contributed by atoms with E-state index in [-0.39, 0.29) is 18.0 Å². The molecule has 1 aromatic rings. The SMILES string of the molecule is CCOC(=O)C(C#N)c1ncnc(CC)c1F. The summed E-state index contributed by atoms with van der Waals surface area (Å²) >= 11 is 0. The van der Waals surface area contributed by atoms with Gasteiger partial charge < -0.3 is 4.74 Å². The van der Waals surface area contributed by atoms with Crippen LogP contribution in [0.5, 0.6) is 0 Å². The molecule has 1 heterocycles. The molecule has 0 bridgehead atoms. The van der Waals surface area contributed by atoms with Crippen molar-refractivity contribution in [3.63, 3.8) is 0 Å². The van der Waals surface area contributed by atoms with Gasteiger partial charge in [0.05, 0.1) is 18.4 Å². The molecular formula is C11H12FN3O2. The van der Waals surface area contributed by atoms with Gasteiger partial charge in [0, 0.05) is 0 Å². The van der Waals surface area contributed by atoms with Crippen LogP contribution in [0.2, 0.25) is 0 Å². The number of carbonyl (C=O) groups excluding carboxylic acids is 1. The van der Waals surface area contributed by atoms with E-state index < -0.39 is 17.7 Å². The van der Waals surface area contributed by atoms with Crippen LogP contribution < -0.4 is 0 Å². The monoisotopic (exact) mass is 237 g/mol. The van der Waals surface area contributed by atoms with Crippen molar-refractivity contribution in [2.45, 2.75) is 26.2 Å². The molecule has 0 saturated heterocycles. The van der Waals surface area contributed by atoms with E-state index in [1.54, 1.807) is 19.9 Å². The van der Waals surface area contributed by atoms with Crippen molar-refractivity contribution in [1.82, 2.24) is 9.97 Å². The van der Waals surface area contributed by atoms with Crippen molar-refractivity contribution in [2.75, 3.05) is 6.61 Å². The maximum Gasteiger partial charge on any atom is 0.329 e. The van der Waals surface area contributed by atoms with E-state index in [0.29, 0.717) is 6.42 Å². The number of nitrogens with zero attached hydrogens (tertiary/aromatic N) is 3. The molecule has 17 heavy (non-hydrogen) atoms. The van der Waals surface area contributed by atoms with Gasteiger partial charge in [0.25, 0.3) is 0 Å². The molecule has 0 aliphatic rings. The summed E-state index contributed by atoms with van der Waals surface area (Å²) in [5.41, 5.74) is -0.0441. The Balaban J connectivity index is 3.13. The summed E-state index contributed by atoms with van der Waals surface area (Å²) < 4.78 is 18.5. The van der Waals surface area contributed by atoms with Gasteiger partial charge in [0.2, 0.25) is 0 Å².